The molecule has 0 aliphatic heterocycles. The predicted octanol–water partition coefficient (Wildman–Crippen LogP) is 3.95. The number of carbonyl (C=O) groups excluding carboxylic acids is 2. The third-order valence-electron chi connectivity index (χ3n) is 4.42. The van der Waals surface area contributed by atoms with Crippen LogP contribution in [-0.2, 0) is 9.59 Å². The molecule has 1 saturated carbocycles. The Morgan fingerprint density at radius 2 is 1.93 bits per heavy atom. The average Bonchev–Trinajstić information content (AvgIpc) is 3.60. The zero-order valence-electron chi connectivity index (χ0n) is 16.8. The lowest BCUT2D eigenvalue weighted by molar-refractivity contribution is -0.135. The first-order valence-electron chi connectivity index (χ1n) is 9.60. The zero-order valence-corrected chi connectivity index (χ0v) is 16.8. The van der Waals surface area contributed by atoms with E-state index in [1.165, 1.54) is 13.2 Å². The van der Waals surface area contributed by atoms with Gasteiger partial charge in [0.15, 0.2) is 11.5 Å². The highest BCUT2D eigenvalue weighted by Crippen LogP contribution is 2.34. The molecule has 0 aromatic heterocycles. The summed E-state index contributed by atoms with van der Waals surface area (Å²) in [7, 11) is 1.46. The Morgan fingerprint density at radius 1 is 1.17 bits per heavy atom. The smallest absolute Gasteiger partial charge is 0.314 e. The quantitative estimate of drug-likeness (QED) is 0.308. The second kappa shape index (κ2) is 9.61. The van der Waals surface area contributed by atoms with Crippen LogP contribution in [0.5, 0.6) is 17.2 Å². The van der Waals surface area contributed by atoms with E-state index in [-0.39, 0.29) is 17.5 Å². The van der Waals surface area contributed by atoms with Crippen molar-refractivity contribution < 1.29 is 23.8 Å². The van der Waals surface area contributed by atoms with Crippen LogP contribution < -0.4 is 19.5 Å². The molecule has 0 spiro atoms. The van der Waals surface area contributed by atoms with Crippen LogP contribution in [0.4, 0.5) is 5.69 Å². The topological polar surface area (TPSA) is 97.6 Å². The van der Waals surface area contributed by atoms with Crippen LogP contribution >= 0.6 is 0 Å². The summed E-state index contributed by atoms with van der Waals surface area (Å²) in [5.41, 5.74) is 0.944. The summed E-state index contributed by atoms with van der Waals surface area (Å²) in [4.78, 5) is 24.5. The molecule has 0 bridgehead atoms. The molecule has 1 fully saturated rings. The van der Waals surface area contributed by atoms with Gasteiger partial charge in [0.05, 0.1) is 25.3 Å². The Bertz CT molecular complexity index is 1020. The van der Waals surface area contributed by atoms with Crippen LogP contribution in [0.25, 0.3) is 6.08 Å². The second-order valence-corrected chi connectivity index (χ2v) is 6.66. The minimum absolute atomic E-state index is 0.0391. The van der Waals surface area contributed by atoms with Crippen molar-refractivity contribution in [2.75, 3.05) is 19.0 Å². The largest absolute Gasteiger partial charge is 0.493 e. The molecule has 1 aliphatic rings. The molecule has 7 heteroatoms. The Balaban J connectivity index is 1.79. The van der Waals surface area contributed by atoms with Gasteiger partial charge in [-0.1, -0.05) is 18.2 Å². The lowest BCUT2D eigenvalue weighted by Crippen LogP contribution is -2.14. The van der Waals surface area contributed by atoms with Gasteiger partial charge in [-0.25, -0.2) is 0 Å². The molecule has 1 aliphatic carbocycles. The zero-order chi connectivity index (χ0) is 21.5. The van der Waals surface area contributed by atoms with E-state index in [9.17, 15) is 14.9 Å². The number of carbonyl (C=O) groups is 2. The molecule has 2 aromatic rings. The van der Waals surface area contributed by atoms with Crippen molar-refractivity contribution in [1.29, 1.82) is 5.26 Å². The molecule has 154 valence electrons. The summed E-state index contributed by atoms with van der Waals surface area (Å²) in [6, 6.07) is 13.7. The second-order valence-electron chi connectivity index (χ2n) is 6.66. The minimum atomic E-state index is -0.562. The number of rotatable bonds is 8. The predicted molar refractivity (Wildman–Crippen MR) is 111 cm³/mol. The summed E-state index contributed by atoms with van der Waals surface area (Å²) in [5, 5.41) is 12.2. The van der Waals surface area contributed by atoms with E-state index in [0.29, 0.717) is 35.1 Å². The summed E-state index contributed by atoms with van der Waals surface area (Å²) in [5.74, 6) is 0.295. The molecule has 7 nitrogen and oxygen atoms in total. The number of nitrogens with one attached hydrogen (secondary N) is 1. The van der Waals surface area contributed by atoms with Gasteiger partial charge in [-0.15, -0.1) is 0 Å². The van der Waals surface area contributed by atoms with E-state index < -0.39 is 5.91 Å². The fourth-order valence-electron chi connectivity index (χ4n) is 2.73. The maximum Gasteiger partial charge on any atom is 0.314 e. The molecule has 2 aromatic carbocycles. The first-order valence-corrected chi connectivity index (χ1v) is 9.60. The molecule has 0 atom stereocenters. The Hall–Kier alpha value is -3.79. The van der Waals surface area contributed by atoms with Crippen molar-refractivity contribution in [2.24, 2.45) is 5.92 Å². The van der Waals surface area contributed by atoms with Gasteiger partial charge in [0, 0.05) is 0 Å². The summed E-state index contributed by atoms with van der Waals surface area (Å²) in [6.07, 6.45) is 3.12. The van der Waals surface area contributed by atoms with Gasteiger partial charge in [0.2, 0.25) is 0 Å². The van der Waals surface area contributed by atoms with Crippen LogP contribution in [0.1, 0.15) is 25.3 Å². The fourth-order valence-corrected chi connectivity index (χ4v) is 2.73. The van der Waals surface area contributed by atoms with Gasteiger partial charge in [-0.3, -0.25) is 9.59 Å². The molecular weight excluding hydrogens is 384 g/mol. The monoisotopic (exact) mass is 406 g/mol. The standard InChI is InChI=1S/C23H22N2O5/c1-3-29-19-7-5-4-6-18(19)25-22(26)17(14-24)12-15-8-11-20(21(13-15)28-2)30-23(27)16-9-10-16/h4-8,11-13,16H,3,9-10H2,1-2H3,(H,25,26)/b17-12+. The van der Waals surface area contributed by atoms with Gasteiger partial charge in [0.25, 0.3) is 5.91 Å². The van der Waals surface area contributed by atoms with Crippen molar-refractivity contribution in [3.63, 3.8) is 0 Å². The maximum atomic E-state index is 12.6. The van der Waals surface area contributed by atoms with Gasteiger partial charge >= 0.3 is 5.97 Å². The van der Waals surface area contributed by atoms with Crippen LogP contribution in [0, 0.1) is 17.2 Å². The number of nitrogens with zero attached hydrogens (tertiary/aromatic N) is 1. The molecule has 30 heavy (non-hydrogen) atoms. The SMILES string of the molecule is CCOc1ccccc1NC(=O)/C(C#N)=C/c1ccc(OC(=O)C2CC2)c(OC)c1. The van der Waals surface area contributed by atoms with Crippen molar-refractivity contribution in [3.05, 3.63) is 53.6 Å². The number of methoxy groups -OCH3 is 1. The molecule has 1 amide bonds. The number of hydrogen-bond donors (Lipinski definition) is 1. The first-order chi connectivity index (χ1) is 14.5. The minimum Gasteiger partial charge on any atom is -0.493 e. The van der Waals surface area contributed by atoms with E-state index in [1.54, 1.807) is 42.5 Å². The number of benzene rings is 2. The third kappa shape index (κ3) is 5.17. The Morgan fingerprint density at radius 3 is 2.60 bits per heavy atom. The number of amides is 1. The van der Waals surface area contributed by atoms with E-state index in [4.69, 9.17) is 14.2 Å². The van der Waals surface area contributed by atoms with E-state index in [0.717, 1.165) is 12.8 Å². The van der Waals surface area contributed by atoms with Gasteiger partial charge in [-0.05, 0) is 55.7 Å². The molecule has 0 unspecified atom stereocenters. The molecule has 0 heterocycles. The summed E-state index contributed by atoms with van der Waals surface area (Å²) in [6.45, 7) is 2.30. The van der Waals surface area contributed by atoms with Crippen LogP contribution in [0.15, 0.2) is 48.0 Å². The molecular formula is C23H22N2O5. The van der Waals surface area contributed by atoms with E-state index >= 15 is 0 Å². The van der Waals surface area contributed by atoms with Crippen LogP contribution in [0.3, 0.4) is 0 Å². The number of para-hydroxylation sites is 2. The third-order valence-corrected chi connectivity index (χ3v) is 4.42. The fraction of sp³-hybridized carbons (Fsp3) is 0.261. The van der Waals surface area contributed by atoms with Crippen molar-refractivity contribution in [1.82, 2.24) is 0 Å². The normalized spacial score (nSPS) is 13.2. The highest BCUT2D eigenvalue weighted by atomic mass is 16.6. The van der Waals surface area contributed by atoms with E-state index in [2.05, 4.69) is 5.32 Å². The number of ether oxygens (including phenoxy) is 3. The molecule has 0 saturated heterocycles. The van der Waals surface area contributed by atoms with E-state index in [1.807, 2.05) is 13.0 Å². The summed E-state index contributed by atoms with van der Waals surface area (Å²) < 4.78 is 16.2. The molecule has 0 radical (unpaired) electrons. The van der Waals surface area contributed by atoms with Gasteiger partial charge in [-0.2, -0.15) is 5.26 Å². The number of hydrogen-bond acceptors (Lipinski definition) is 6. The highest BCUT2D eigenvalue weighted by molar-refractivity contribution is 6.10. The van der Waals surface area contributed by atoms with Gasteiger partial charge in [0.1, 0.15) is 17.4 Å². The number of esters is 1. The summed E-state index contributed by atoms with van der Waals surface area (Å²) >= 11 is 0. The Kier molecular flexibility index (Phi) is 6.71. The van der Waals surface area contributed by atoms with Crippen molar-refractivity contribution in [3.8, 4) is 23.3 Å². The highest BCUT2D eigenvalue weighted by Gasteiger charge is 2.32. The van der Waals surface area contributed by atoms with Crippen LogP contribution in [-0.4, -0.2) is 25.6 Å². The maximum absolute atomic E-state index is 12.6. The molecule has 3 rings (SSSR count). The first kappa shape index (κ1) is 20.9. The molecule has 1 N–H and O–H groups in total. The average molecular weight is 406 g/mol. The number of nitriles is 1. The van der Waals surface area contributed by atoms with Gasteiger partial charge < -0.3 is 19.5 Å². The lowest BCUT2D eigenvalue weighted by atomic mass is 10.1. The van der Waals surface area contributed by atoms with Crippen LogP contribution in [0.2, 0.25) is 0 Å². The number of anilines is 1. The van der Waals surface area contributed by atoms with Crippen molar-refractivity contribution in [2.45, 2.75) is 19.8 Å². The van der Waals surface area contributed by atoms with Crippen molar-refractivity contribution >= 4 is 23.6 Å². The Labute approximate surface area is 174 Å². The lowest BCUT2D eigenvalue weighted by Gasteiger charge is -2.11.